The number of anilines is 1. The number of hydrogen-bond acceptors (Lipinski definition) is 5. The SMILES string of the molecule is Cc1cc(NC(=O)c2cn(CCN)cn2)ccc1[N+](=O)[O-]. The number of nitrogens with two attached hydrogens (primary N) is 1. The second-order valence-electron chi connectivity index (χ2n) is 4.50. The van der Waals surface area contributed by atoms with Gasteiger partial charge in [-0.1, -0.05) is 0 Å². The lowest BCUT2D eigenvalue weighted by Gasteiger charge is -2.04. The van der Waals surface area contributed by atoms with Crippen LogP contribution in [0.4, 0.5) is 11.4 Å². The normalized spacial score (nSPS) is 10.4. The molecule has 2 rings (SSSR count). The van der Waals surface area contributed by atoms with Crippen LogP contribution in [0.3, 0.4) is 0 Å². The first-order valence-corrected chi connectivity index (χ1v) is 6.29. The fourth-order valence-electron chi connectivity index (χ4n) is 1.88. The number of carbonyl (C=O) groups excluding carboxylic acids is 1. The van der Waals surface area contributed by atoms with Crippen molar-refractivity contribution in [3.63, 3.8) is 0 Å². The summed E-state index contributed by atoms with van der Waals surface area (Å²) in [6, 6.07) is 4.39. The Morgan fingerprint density at radius 3 is 2.90 bits per heavy atom. The maximum Gasteiger partial charge on any atom is 0.275 e. The van der Waals surface area contributed by atoms with E-state index in [1.807, 2.05) is 0 Å². The van der Waals surface area contributed by atoms with Gasteiger partial charge in [0.25, 0.3) is 11.6 Å². The van der Waals surface area contributed by atoms with Crippen molar-refractivity contribution >= 4 is 17.3 Å². The second kappa shape index (κ2) is 6.14. The molecule has 0 bridgehead atoms. The molecule has 2 aromatic rings. The van der Waals surface area contributed by atoms with Gasteiger partial charge >= 0.3 is 0 Å². The van der Waals surface area contributed by atoms with E-state index in [1.54, 1.807) is 23.8 Å². The Hall–Kier alpha value is -2.74. The fraction of sp³-hybridized carbons (Fsp3) is 0.231. The van der Waals surface area contributed by atoms with E-state index >= 15 is 0 Å². The Bertz CT molecular complexity index is 680. The molecule has 3 N–H and O–H groups in total. The molecule has 110 valence electrons. The minimum absolute atomic E-state index is 0.0141. The monoisotopic (exact) mass is 289 g/mol. The highest BCUT2D eigenvalue weighted by Crippen LogP contribution is 2.21. The van der Waals surface area contributed by atoms with Crippen LogP contribution in [0, 0.1) is 17.0 Å². The van der Waals surface area contributed by atoms with Gasteiger partial charge in [0.15, 0.2) is 0 Å². The summed E-state index contributed by atoms with van der Waals surface area (Å²) >= 11 is 0. The molecule has 0 saturated heterocycles. The van der Waals surface area contributed by atoms with Crippen LogP contribution in [-0.4, -0.2) is 26.9 Å². The molecule has 1 aromatic carbocycles. The van der Waals surface area contributed by atoms with Crippen molar-refractivity contribution in [2.75, 3.05) is 11.9 Å². The average molecular weight is 289 g/mol. The predicted molar refractivity (Wildman–Crippen MR) is 77.1 cm³/mol. The number of rotatable bonds is 5. The molecule has 21 heavy (non-hydrogen) atoms. The number of carbonyl (C=O) groups is 1. The molecule has 1 heterocycles. The number of nitrogens with one attached hydrogen (secondary N) is 1. The number of nitro benzene ring substituents is 1. The third-order valence-corrected chi connectivity index (χ3v) is 2.90. The number of nitrogens with zero attached hydrogens (tertiary/aromatic N) is 3. The Kier molecular flexibility index (Phi) is 4.29. The first-order chi connectivity index (χ1) is 10.0. The number of aryl methyl sites for hydroxylation is 1. The van der Waals surface area contributed by atoms with Crippen molar-refractivity contribution in [3.8, 4) is 0 Å². The van der Waals surface area contributed by atoms with Gasteiger partial charge in [-0.05, 0) is 19.1 Å². The molecular formula is C13H15N5O3. The van der Waals surface area contributed by atoms with Crippen LogP contribution < -0.4 is 11.1 Å². The minimum atomic E-state index is -0.463. The van der Waals surface area contributed by atoms with Crippen molar-refractivity contribution in [2.45, 2.75) is 13.5 Å². The van der Waals surface area contributed by atoms with Crippen LogP contribution >= 0.6 is 0 Å². The second-order valence-corrected chi connectivity index (χ2v) is 4.50. The van der Waals surface area contributed by atoms with Gasteiger partial charge in [-0.15, -0.1) is 0 Å². The van der Waals surface area contributed by atoms with Crippen molar-refractivity contribution < 1.29 is 9.72 Å². The van der Waals surface area contributed by atoms with Gasteiger partial charge in [-0.3, -0.25) is 14.9 Å². The molecule has 0 unspecified atom stereocenters. The van der Waals surface area contributed by atoms with E-state index in [-0.39, 0.29) is 17.3 Å². The highest BCUT2D eigenvalue weighted by atomic mass is 16.6. The molecule has 8 heteroatoms. The van der Waals surface area contributed by atoms with Crippen molar-refractivity contribution in [1.82, 2.24) is 9.55 Å². The Labute approximate surface area is 120 Å². The summed E-state index contributed by atoms with van der Waals surface area (Å²) in [5.41, 5.74) is 6.66. The zero-order valence-corrected chi connectivity index (χ0v) is 11.4. The third-order valence-electron chi connectivity index (χ3n) is 2.90. The van der Waals surface area contributed by atoms with Crippen LogP contribution in [-0.2, 0) is 6.54 Å². The number of aromatic nitrogens is 2. The number of amides is 1. The van der Waals surface area contributed by atoms with Gasteiger partial charge < -0.3 is 15.6 Å². The predicted octanol–water partition coefficient (Wildman–Crippen LogP) is 1.31. The summed E-state index contributed by atoms with van der Waals surface area (Å²) in [6.07, 6.45) is 3.13. The first kappa shape index (κ1) is 14.7. The Balaban J connectivity index is 2.11. The summed E-state index contributed by atoms with van der Waals surface area (Å²) in [6.45, 7) is 2.65. The lowest BCUT2D eigenvalue weighted by atomic mass is 10.2. The van der Waals surface area contributed by atoms with E-state index in [9.17, 15) is 14.9 Å². The molecule has 0 radical (unpaired) electrons. The lowest BCUT2D eigenvalue weighted by molar-refractivity contribution is -0.385. The van der Waals surface area contributed by atoms with E-state index in [1.165, 1.54) is 18.5 Å². The molecule has 0 aliphatic carbocycles. The molecule has 0 atom stereocenters. The van der Waals surface area contributed by atoms with Crippen molar-refractivity contribution in [3.05, 3.63) is 52.1 Å². The fourth-order valence-corrected chi connectivity index (χ4v) is 1.88. The average Bonchev–Trinajstić information content (AvgIpc) is 2.87. The Morgan fingerprint density at radius 1 is 1.52 bits per heavy atom. The number of hydrogen-bond donors (Lipinski definition) is 2. The molecule has 0 saturated carbocycles. The summed E-state index contributed by atoms with van der Waals surface area (Å²) in [4.78, 5) is 26.3. The standard InChI is InChI=1S/C13H15N5O3/c1-9-6-10(2-3-12(9)18(20)21)16-13(19)11-7-17(5-4-14)8-15-11/h2-3,6-8H,4-5,14H2,1H3,(H,16,19). The highest BCUT2D eigenvalue weighted by molar-refractivity contribution is 6.02. The highest BCUT2D eigenvalue weighted by Gasteiger charge is 2.13. The van der Waals surface area contributed by atoms with Gasteiger partial charge in [0.2, 0.25) is 0 Å². The zero-order valence-electron chi connectivity index (χ0n) is 11.4. The van der Waals surface area contributed by atoms with Gasteiger partial charge in [-0.25, -0.2) is 4.98 Å². The minimum Gasteiger partial charge on any atom is -0.335 e. The molecule has 1 amide bonds. The number of benzene rings is 1. The van der Waals surface area contributed by atoms with Crippen molar-refractivity contribution in [1.29, 1.82) is 0 Å². The number of imidazole rings is 1. The van der Waals surface area contributed by atoms with E-state index in [0.717, 1.165) is 0 Å². The van der Waals surface area contributed by atoms with Crippen LogP contribution in [0.15, 0.2) is 30.7 Å². The zero-order chi connectivity index (χ0) is 15.4. The Morgan fingerprint density at radius 2 is 2.29 bits per heavy atom. The van der Waals surface area contributed by atoms with Gasteiger partial charge in [0.05, 0.1) is 11.3 Å². The lowest BCUT2D eigenvalue weighted by Crippen LogP contribution is -2.13. The molecule has 0 aliphatic rings. The molecule has 8 nitrogen and oxygen atoms in total. The van der Waals surface area contributed by atoms with E-state index in [2.05, 4.69) is 10.3 Å². The van der Waals surface area contributed by atoms with E-state index < -0.39 is 4.92 Å². The van der Waals surface area contributed by atoms with Crippen LogP contribution in [0.25, 0.3) is 0 Å². The smallest absolute Gasteiger partial charge is 0.275 e. The third kappa shape index (κ3) is 3.42. The van der Waals surface area contributed by atoms with Gasteiger partial charge in [0, 0.05) is 36.6 Å². The summed E-state index contributed by atoms with van der Waals surface area (Å²) < 4.78 is 1.72. The maximum atomic E-state index is 12.0. The molecule has 0 aliphatic heterocycles. The maximum absolute atomic E-state index is 12.0. The topological polar surface area (TPSA) is 116 Å². The molecule has 0 spiro atoms. The summed E-state index contributed by atoms with van der Waals surface area (Å²) in [5, 5.41) is 13.4. The van der Waals surface area contributed by atoms with E-state index in [4.69, 9.17) is 5.73 Å². The molecular weight excluding hydrogens is 274 g/mol. The van der Waals surface area contributed by atoms with E-state index in [0.29, 0.717) is 24.3 Å². The van der Waals surface area contributed by atoms with Gasteiger partial charge in [-0.2, -0.15) is 0 Å². The van der Waals surface area contributed by atoms with Crippen LogP contribution in [0.2, 0.25) is 0 Å². The van der Waals surface area contributed by atoms with Crippen LogP contribution in [0.5, 0.6) is 0 Å². The van der Waals surface area contributed by atoms with Gasteiger partial charge in [0.1, 0.15) is 5.69 Å². The molecule has 0 fully saturated rings. The summed E-state index contributed by atoms with van der Waals surface area (Å²) in [7, 11) is 0. The largest absolute Gasteiger partial charge is 0.335 e. The summed E-state index contributed by atoms with van der Waals surface area (Å²) in [5.74, 6) is -0.376. The quantitative estimate of drug-likeness (QED) is 0.636. The number of nitro groups is 1. The first-order valence-electron chi connectivity index (χ1n) is 6.29. The van der Waals surface area contributed by atoms with Crippen LogP contribution in [0.1, 0.15) is 16.1 Å². The van der Waals surface area contributed by atoms with Crippen molar-refractivity contribution in [2.24, 2.45) is 5.73 Å². The molecule has 1 aromatic heterocycles.